The molecule has 0 spiro atoms. The van der Waals surface area contributed by atoms with Gasteiger partial charge in [0.15, 0.2) is 0 Å². The average Bonchev–Trinajstić information content (AvgIpc) is 3.23. The van der Waals surface area contributed by atoms with E-state index >= 15 is 0 Å². The summed E-state index contributed by atoms with van der Waals surface area (Å²) in [7, 11) is 0. The predicted octanol–water partition coefficient (Wildman–Crippen LogP) is 0.243. The van der Waals surface area contributed by atoms with Gasteiger partial charge in [0.2, 0.25) is 5.91 Å². The van der Waals surface area contributed by atoms with E-state index in [1.54, 1.807) is 9.80 Å². The molecule has 1 saturated heterocycles. The Morgan fingerprint density at radius 3 is 2.20 bits per heavy atom. The Bertz CT molecular complexity index is 400. The van der Waals surface area contributed by atoms with Gasteiger partial charge in [0.25, 0.3) is 0 Å². The number of urea groups is 1. The number of carbonyl (C=O) groups is 3. The molecular formula is C13H21N3O4. The maximum atomic E-state index is 12.4. The monoisotopic (exact) mass is 283 g/mol. The van der Waals surface area contributed by atoms with Gasteiger partial charge < -0.3 is 20.6 Å². The smallest absolute Gasteiger partial charge is 0.320 e. The molecule has 0 atom stereocenters. The van der Waals surface area contributed by atoms with Gasteiger partial charge in [-0.25, -0.2) is 4.79 Å². The van der Waals surface area contributed by atoms with Crippen LogP contribution in [-0.2, 0) is 9.59 Å². The van der Waals surface area contributed by atoms with E-state index in [2.05, 4.69) is 0 Å². The summed E-state index contributed by atoms with van der Waals surface area (Å²) < 4.78 is 0. The number of piperidine rings is 1. The highest BCUT2D eigenvalue weighted by atomic mass is 16.4. The van der Waals surface area contributed by atoms with Crippen LogP contribution in [0.4, 0.5) is 4.79 Å². The lowest BCUT2D eigenvalue weighted by molar-refractivity contribution is -0.137. The SMILES string of the molecule is NC(=O)C1CCN(C(=O)N(CCC(=O)O)C2CC2)CC1. The number of aliphatic carboxylic acids is 1. The molecule has 2 fully saturated rings. The molecule has 0 bridgehead atoms. The van der Waals surface area contributed by atoms with Crippen molar-refractivity contribution in [3.05, 3.63) is 0 Å². The molecule has 0 unspecified atom stereocenters. The fourth-order valence-electron chi connectivity index (χ4n) is 2.57. The lowest BCUT2D eigenvalue weighted by atomic mass is 9.96. The Kier molecular flexibility index (Phi) is 4.46. The number of hydrogen-bond donors (Lipinski definition) is 2. The number of likely N-dealkylation sites (tertiary alicyclic amines) is 1. The lowest BCUT2D eigenvalue weighted by Crippen LogP contribution is -2.49. The number of primary amides is 1. The first-order valence-electron chi connectivity index (χ1n) is 7.05. The van der Waals surface area contributed by atoms with Crippen molar-refractivity contribution in [3.8, 4) is 0 Å². The van der Waals surface area contributed by atoms with Crippen molar-refractivity contribution in [1.29, 1.82) is 0 Å². The number of nitrogens with zero attached hydrogens (tertiary/aromatic N) is 2. The van der Waals surface area contributed by atoms with Gasteiger partial charge in [0, 0.05) is 31.6 Å². The Balaban J connectivity index is 1.88. The number of carbonyl (C=O) groups excluding carboxylic acids is 2. The fourth-order valence-corrected chi connectivity index (χ4v) is 2.57. The van der Waals surface area contributed by atoms with Crippen molar-refractivity contribution in [2.24, 2.45) is 11.7 Å². The molecule has 112 valence electrons. The second kappa shape index (κ2) is 6.11. The van der Waals surface area contributed by atoms with Crippen LogP contribution in [0.2, 0.25) is 0 Å². The van der Waals surface area contributed by atoms with E-state index < -0.39 is 5.97 Å². The van der Waals surface area contributed by atoms with Crippen LogP contribution >= 0.6 is 0 Å². The van der Waals surface area contributed by atoms with Gasteiger partial charge in [-0.2, -0.15) is 0 Å². The first kappa shape index (κ1) is 14.6. The summed E-state index contributed by atoms with van der Waals surface area (Å²) in [4.78, 5) is 37.5. The Morgan fingerprint density at radius 1 is 1.15 bits per heavy atom. The van der Waals surface area contributed by atoms with Gasteiger partial charge in [0.05, 0.1) is 6.42 Å². The molecule has 2 aliphatic rings. The number of carboxylic acids is 1. The molecule has 7 heteroatoms. The van der Waals surface area contributed by atoms with Crippen LogP contribution in [0.15, 0.2) is 0 Å². The van der Waals surface area contributed by atoms with E-state index in [0.29, 0.717) is 25.9 Å². The number of nitrogens with two attached hydrogens (primary N) is 1. The lowest BCUT2D eigenvalue weighted by Gasteiger charge is -2.35. The maximum absolute atomic E-state index is 12.4. The largest absolute Gasteiger partial charge is 0.481 e. The number of carboxylic acid groups (broad SMARTS) is 1. The number of amides is 3. The maximum Gasteiger partial charge on any atom is 0.320 e. The van der Waals surface area contributed by atoms with Gasteiger partial charge in [-0.05, 0) is 25.7 Å². The van der Waals surface area contributed by atoms with Crippen molar-refractivity contribution in [2.45, 2.75) is 38.1 Å². The molecule has 0 radical (unpaired) electrons. The zero-order valence-corrected chi connectivity index (χ0v) is 11.5. The van der Waals surface area contributed by atoms with Gasteiger partial charge >= 0.3 is 12.0 Å². The van der Waals surface area contributed by atoms with Gasteiger partial charge in [-0.1, -0.05) is 0 Å². The summed E-state index contributed by atoms with van der Waals surface area (Å²) >= 11 is 0. The summed E-state index contributed by atoms with van der Waals surface area (Å²) in [6.45, 7) is 1.29. The summed E-state index contributed by atoms with van der Waals surface area (Å²) in [6.07, 6.45) is 3.06. The summed E-state index contributed by atoms with van der Waals surface area (Å²) in [5, 5.41) is 8.75. The topological polar surface area (TPSA) is 104 Å². The minimum Gasteiger partial charge on any atom is -0.481 e. The molecule has 0 aromatic rings. The molecule has 0 aromatic carbocycles. The Hall–Kier alpha value is -1.79. The minimum absolute atomic E-state index is 0.0278. The highest BCUT2D eigenvalue weighted by Gasteiger charge is 2.36. The van der Waals surface area contributed by atoms with Crippen LogP contribution in [0.25, 0.3) is 0 Å². The molecule has 1 aliphatic carbocycles. The fraction of sp³-hybridized carbons (Fsp3) is 0.769. The zero-order valence-electron chi connectivity index (χ0n) is 11.5. The predicted molar refractivity (Wildman–Crippen MR) is 70.9 cm³/mol. The molecule has 7 nitrogen and oxygen atoms in total. The molecule has 2 rings (SSSR count). The first-order chi connectivity index (χ1) is 9.49. The molecule has 0 aromatic heterocycles. The first-order valence-corrected chi connectivity index (χ1v) is 7.05. The van der Waals surface area contributed by atoms with Gasteiger partial charge in [0.1, 0.15) is 0 Å². The van der Waals surface area contributed by atoms with E-state index in [1.807, 2.05) is 0 Å². The van der Waals surface area contributed by atoms with Crippen molar-refractivity contribution < 1.29 is 19.5 Å². The van der Waals surface area contributed by atoms with Crippen LogP contribution in [0.5, 0.6) is 0 Å². The van der Waals surface area contributed by atoms with E-state index in [4.69, 9.17) is 10.8 Å². The molecule has 1 aliphatic heterocycles. The van der Waals surface area contributed by atoms with Crippen LogP contribution in [0.3, 0.4) is 0 Å². The van der Waals surface area contributed by atoms with E-state index in [9.17, 15) is 14.4 Å². The summed E-state index contributed by atoms with van der Waals surface area (Å²) in [5.41, 5.74) is 5.27. The van der Waals surface area contributed by atoms with E-state index in [0.717, 1.165) is 12.8 Å². The third kappa shape index (κ3) is 3.61. The highest BCUT2D eigenvalue weighted by Crippen LogP contribution is 2.29. The summed E-state index contributed by atoms with van der Waals surface area (Å²) in [5.74, 6) is -1.34. The van der Waals surface area contributed by atoms with Crippen molar-refractivity contribution in [1.82, 2.24) is 9.80 Å². The van der Waals surface area contributed by atoms with E-state index in [1.165, 1.54) is 0 Å². The van der Waals surface area contributed by atoms with Crippen molar-refractivity contribution in [2.75, 3.05) is 19.6 Å². The van der Waals surface area contributed by atoms with Gasteiger partial charge in [-0.3, -0.25) is 9.59 Å². The molecule has 3 N–H and O–H groups in total. The summed E-state index contributed by atoms with van der Waals surface area (Å²) in [6, 6.07) is 0.0902. The van der Waals surface area contributed by atoms with Gasteiger partial charge in [-0.15, -0.1) is 0 Å². The highest BCUT2D eigenvalue weighted by molar-refractivity contribution is 5.78. The van der Waals surface area contributed by atoms with E-state index in [-0.39, 0.29) is 36.9 Å². The molecule has 3 amide bonds. The zero-order chi connectivity index (χ0) is 14.7. The molecular weight excluding hydrogens is 262 g/mol. The van der Waals surface area contributed by atoms with Crippen molar-refractivity contribution >= 4 is 17.9 Å². The number of hydrogen-bond acceptors (Lipinski definition) is 3. The van der Waals surface area contributed by atoms with Crippen LogP contribution in [0.1, 0.15) is 32.1 Å². The molecule has 1 heterocycles. The van der Waals surface area contributed by atoms with Crippen LogP contribution in [0, 0.1) is 5.92 Å². The Labute approximate surface area is 117 Å². The third-order valence-electron chi connectivity index (χ3n) is 3.97. The molecule has 20 heavy (non-hydrogen) atoms. The quantitative estimate of drug-likeness (QED) is 0.754. The Morgan fingerprint density at radius 2 is 1.75 bits per heavy atom. The second-order valence-corrected chi connectivity index (χ2v) is 5.51. The second-order valence-electron chi connectivity index (χ2n) is 5.51. The standard InChI is InChI=1S/C13H21N3O4/c14-12(19)9-3-6-15(7-4-9)13(20)16(10-1-2-10)8-5-11(17)18/h9-10H,1-8H2,(H2,14,19)(H,17,18). The minimum atomic E-state index is -0.893. The van der Waals surface area contributed by atoms with Crippen LogP contribution < -0.4 is 5.73 Å². The normalized spacial score (nSPS) is 19.7. The van der Waals surface area contributed by atoms with Crippen LogP contribution in [-0.4, -0.2) is 58.5 Å². The average molecular weight is 283 g/mol. The third-order valence-corrected chi connectivity index (χ3v) is 3.97. The number of rotatable bonds is 5. The van der Waals surface area contributed by atoms with Crippen molar-refractivity contribution in [3.63, 3.8) is 0 Å². The molecule has 1 saturated carbocycles.